The Morgan fingerprint density at radius 1 is 1.11 bits per heavy atom. The van der Waals surface area contributed by atoms with E-state index < -0.39 is 11.2 Å². The highest BCUT2D eigenvalue weighted by Crippen LogP contribution is 2.27. The second-order valence-corrected chi connectivity index (χ2v) is 7.04. The average Bonchev–Trinajstić information content (AvgIpc) is 3.04. The fraction of sp³-hybridized carbons (Fsp3) is 0.368. The Balaban J connectivity index is 1.73. The summed E-state index contributed by atoms with van der Waals surface area (Å²) in [6.07, 6.45) is 0.352. The first-order valence-corrected chi connectivity index (χ1v) is 9.16. The number of nitrogens with one attached hydrogen (secondary N) is 2. The molecule has 0 bridgehead atoms. The van der Waals surface area contributed by atoms with Gasteiger partial charge in [0.05, 0.1) is 6.54 Å². The first-order valence-electron chi connectivity index (χ1n) is 9.16. The summed E-state index contributed by atoms with van der Waals surface area (Å²) in [5.74, 6) is 0.598. The number of nitrogens with zero attached hydrogens (tertiary/aromatic N) is 4. The van der Waals surface area contributed by atoms with Gasteiger partial charge in [0.1, 0.15) is 11.3 Å². The average molecular weight is 382 g/mol. The van der Waals surface area contributed by atoms with Crippen molar-refractivity contribution in [2.24, 2.45) is 14.1 Å². The zero-order valence-electron chi connectivity index (χ0n) is 15.8. The molecule has 1 aliphatic heterocycles. The first-order chi connectivity index (χ1) is 13.5. The first kappa shape index (κ1) is 18.2. The monoisotopic (exact) mass is 382 g/mol. The molecule has 3 aromatic rings. The minimum absolute atomic E-state index is 0.0113. The third kappa shape index (κ3) is 3.13. The predicted molar refractivity (Wildman–Crippen MR) is 104 cm³/mol. The predicted octanol–water partition coefficient (Wildman–Crippen LogP) is 0.0235. The molecule has 4 rings (SSSR count). The second-order valence-electron chi connectivity index (χ2n) is 7.04. The lowest BCUT2D eigenvalue weighted by Gasteiger charge is -2.28. The van der Waals surface area contributed by atoms with Crippen LogP contribution in [0.4, 0.5) is 0 Å². The Kier molecular flexibility index (Phi) is 4.60. The molecule has 2 N–H and O–H groups in total. The van der Waals surface area contributed by atoms with Crippen LogP contribution in [0.1, 0.15) is 23.9 Å². The molecule has 1 amide bonds. The fourth-order valence-corrected chi connectivity index (χ4v) is 3.71. The Bertz CT molecular complexity index is 1140. The summed E-state index contributed by atoms with van der Waals surface area (Å²) >= 11 is 0. The molecule has 0 unspecified atom stereocenters. The number of aryl methyl sites for hydroxylation is 1. The van der Waals surface area contributed by atoms with Gasteiger partial charge in [-0.25, -0.2) is 9.78 Å². The molecule has 3 heterocycles. The van der Waals surface area contributed by atoms with Crippen molar-refractivity contribution in [3.05, 3.63) is 62.6 Å². The van der Waals surface area contributed by atoms with E-state index in [1.165, 1.54) is 11.6 Å². The molecule has 28 heavy (non-hydrogen) atoms. The lowest BCUT2D eigenvalue weighted by molar-refractivity contribution is -0.121. The summed E-state index contributed by atoms with van der Waals surface area (Å²) in [5, 5.41) is 2.91. The maximum atomic E-state index is 12.4. The zero-order chi connectivity index (χ0) is 19.8. The van der Waals surface area contributed by atoms with Crippen molar-refractivity contribution in [1.29, 1.82) is 0 Å². The summed E-state index contributed by atoms with van der Waals surface area (Å²) in [7, 11) is 3.04. The molecule has 2 aromatic heterocycles. The third-order valence-electron chi connectivity index (χ3n) is 5.22. The molecule has 1 aromatic carbocycles. The Hall–Kier alpha value is -3.20. The van der Waals surface area contributed by atoms with Crippen LogP contribution in [-0.2, 0) is 25.4 Å². The van der Waals surface area contributed by atoms with Gasteiger partial charge in [0, 0.05) is 39.6 Å². The van der Waals surface area contributed by atoms with E-state index in [0.29, 0.717) is 43.0 Å². The molecule has 1 aliphatic rings. The minimum Gasteiger partial charge on any atom is -0.355 e. The SMILES string of the molecule is Cn1c(=O)c2[nH]c(CN3CCNC(=O)C[C@@H]3c3ccccc3)nc2n(C)c1=O. The van der Waals surface area contributed by atoms with Crippen LogP contribution >= 0.6 is 0 Å². The van der Waals surface area contributed by atoms with Crippen LogP contribution in [-0.4, -0.2) is 43.0 Å². The number of carbonyl (C=O) groups is 1. The summed E-state index contributed by atoms with van der Waals surface area (Å²) < 4.78 is 2.42. The maximum absolute atomic E-state index is 12.4. The molecule has 9 heteroatoms. The topological polar surface area (TPSA) is 105 Å². The fourth-order valence-electron chi connectivity index (χ4n) is 3.71. The Morgan fingerprint density at radius 2 is 1.86 bits per heavy atom. The highest BCUT2D eigenvalue weighted by Gasteiger charge is 2.27. The quantitative estimate of drug-likeness (QED) is 0.665. The number of hydrogen-bond acceptors (Lipinski definition) is 5. The van der Waals surface area contributed by atoms with Gasteiger partial charge in [-0.1, -0.05) is 30.3 Å². The van der Waals surface area contributed by atoms with Crippen molar-refractivity contribution >= 4 is 17.1 Å². The highest BCUT2D eigenvalue weighted by atomic mass is 16.2. The van der Waals surface area contributed by atoms with E-state index in [1.54, 1.807) is 7.05 Å². The largest absolute Gasteiger partial charge is 0.355 e. The molecular weight excluding hydrogens is 360 g/mol. The zero-order valence-corrected chi connectivity index (χ0v) is 15.8. The summed E-state index contributed by atoms with van der Waals surface area (Å²) in [6, 6.07) is 9.78. The van der Waals surface area contributed by atoms with Crippen LogP contribution in [0.2, 0.25) is 0 Å². The number of carbonyl (C=O) groups excluding carboxylic acids is 1. The number of benzene rings is 1. The Labute approximate surface area is 160 Å². The van der Waals surface area contributed by atoms with Crippen LogP contribution in [0.25, 0.3) is 11.2 Å². The van der Waals surface area contributed by atoms with Gasteiger partial charge >= 0.3 is 5.69 Å². The van der Waals surface area contributed by atoms with E-state index >= 15 is 0 Å². The lowest BCUT2D eigenvalue weighted by Crippen LogP contribution is -2.36. The van der Waals surface area contributed by atoms with E-state index in [2.05, 4.69) is 20.2 Å². The number of imidazole rings is 1. The Morgan fingerprint density at radius 3 is 2.61 bits per heavy atom. The summed E-state index contributed by atoms with van der Waals surface area (Å²) in [6.45, 7) is 1.63. The van der Waals surface area contributed by atoms with Gasteiger partial charge in [-0.2, -0.15) is 0 Å². The van der Waals surface area contributed by atoms with Gasteiger partial charge < -0.3 is 10.3 Å². The van der Waals surface area contributed by atoms with E-state index in [-0.39, 0.29) is 11.9 Å². The molecule has 1 fully saturated rings. The summed E-state index contributed by atoms with van der Waals surface area (Å²) in [5.41, 5.74) is 0.883. The molecule has 146 valence electrons. The van der Waals surface area contributed by atoms with Crippen molar-refractivity contribution in [2.75, 3.05) is 13.1 Å². The maximum Gasteiger partial charge on any atom is 0.332 e. The molecule has 0 spiro atoms. The van der Waals surface area contributed by atoms with E-state index in [4.69, 9.17) is 0 Å². The second kappa shape index (κ2) is 7.08. The van der Waals surface area contributed by atoms with Crippen LogP contribution in [0.5, 0.6) is 0 Å². The third-order valence-corrected chi connectivity index (χ3v) is 5.22. The van der Waals surface area contributed by atoms with Gasteiger partial charge in [0.2, 0.25) is 5.91 Å². The number of H-pyrrole nitrogens is 1. The van der Waals surface area contributed by atoms with Gasteiger partial charge in [-0.15, -0.1) is 0 Å². The van der Waals surface area contributed by atoms with Crippen molar-refractivity contribution in [3.8, 4) is 0 Å². The number of fused-ring (bicyclic) bond motifs is 1. The summed E-state index contributed by atoms with van der Waals surface area (Å²) in [4.78, 5) is 46.4. The number of amides is 1. The van der Waals surface area contributed by atoms with Crippen LogP contribution in [0, 0.1) is 0 Å². The van der Waals surface area contributed by atoms with Crippen molar-refractivity contribution in [2.45, 2.75) is 19.0 Å². The van der Waals surface area contributed by atoms with E-state index in [9.17, 15) is 14.4 Å². The van der Waals surface area contributed by atoms with Crippen molar-refractivity contribution < 1.29 is 4.79 Å². The molecular formula is C19H22N6O3. The number of hydrogen-bond donors (Lipinski definition) is 2. The highest BCUT2D eigenvalue weighted by molar-refractivity contribution is 5.77. The molecule has 1 atom stereocenters. The van der Waals surface area contributed by atoms with Crippen LogP contribution in [0.15, 0.2) is 39.9 Å². The standard InChI is InChI=1S/C19H22N6O3/c1-23-17-16(18(27)24(2)19(23)28)21-14(22-17)11-25-9-8-20-15(26)10-13(25)12-6-4-3-5-7-12/h3-7,13H,8-11H2,1-2H3,(H,20,26)(H,21,22)/t13-/m1/s1. The molecule has 0 radical (unpaired) electrons. The van der Waals surface area contributed by atoms with E-state index in [0.717, 1.165) is 10.1 Å². The van der Waals surface area contributed by atoms with Gasteiger partial charge in [-0.05, 0) is 5.56 Å². The van der Waals surface area contributed by atoms with Crippen LogP contribution < -0.4 is 16.6 Å². The number of rotatable bonds is 3. The van der Waals surface area contributed by atoms with Crippen molar-refractivity contribution in [1.82, 2.24) is 29.3 Å². The number of aromatic amines is 1. The lowest BCUT2D eigenvalue weighted by atomic mass is 10.0. The van der Waals surface area contributed by atoms with Gasteiger partial charge in [-0.3, -0.25) is 23.6 Å². The normalized spacial score (nSPS) is 18.2. The van der Waals surface area contributed by atoms with Crippen molar-refractivity contribution in [3.63, 3.8) is 0 Å². The molecule has 0 saturated carbocycles. The minimum atomic E-state index is -0.415. The smallest absolute Gasteiger partial charge is 0.332 e. The molecule has 0 aliphatic carbocycles. The number of aromatic nitrogens is 4. The van der Waals surface area contributed by atoms with Gasteiger partial charge in [0.25, 0.3) is 5.56 Å². The van der Waals surface area contributed by atoms with Crippen LogP contribution in [0.3, 0.4) is 0 Å². The molecule has 1 saturated heterocycles. The molecule has 9 nitrogen and oxygen atoms in total. The van der Waals surface area contributed by atoms with Gasteiger partial charge in [0.15, 0.2) is 5.65 Å². The van der Waals surface area contributed by atoms with E-state index in [1.807, 2.05) is 30.3 Å².